The quantitative estimate of drug-likeness (QED) is 0.239. The number of carbonyl (C=O) groups is 3. The van der Waals surface area contributed by atoms with Gasteiger partial charge in [0.1, 0.15) is 11.1 Å². The van der Waals surface area contributed by atoms with Crippen LogP contribution in [0.5, 0.6) is 0 Å². The molecule has 1 aromatic carbocycles. The Kier molecular flexibility index (Phi) is 11.8. The molecule has 0 spiro atoms. The van der Waals surface area contributed by atoms with Crippen LogP contribution in [0.3, 0.4) is 0 Å². The molecule has 1 saturated carbocycles. The van der Waals surface area contributed by atoms with Gasteiger partial charge in [0.15, 0.2) is 0 Å². The van der Waals surface area contributed by atoms with Crippen LogP contribution in [0.25, 0.3) is 0 Å². The highest BCUT2D eigenvalue weighted by Gasteiger charge is 2.43. The molecule has 1 unspecified atom stereocenters. The van der Waals surface area contributed by atoms with Crippen molar-refractivity contribution in [3.8, 4) is 0 Å². The summed E-state index contributed by atoms with van der Waals surface area (Å²) < 4.78 is 11.2. The molecule has 2 aromatic rings. The molecule has 0 radical (unpaired) electrons. The number of thioether (sulfide) groups is 1. The minimum atomic E-state index is -1.14. The zero-order chi connectivity index (χ0) is 30.0. The third kappa shape index (κ3) is 10.5. The number of hydrogen-bond donors (Lipinski definition) is 2. The van der Waals surface area contributed by atoms with Gasteiger partial charge in [0.25, 0.3) is 11.1 Å². The number of amides is 2. The van der Waals surface area contributed by atoms with E-state index in [1.54, 1.807) is 20.8 Å². The van der Waals surface area contributed by atoms with Crippen LogP contribution in [0, 0.1) is 5.92 Å². The zero-order valence-corrected chi connectivity index (χ0v) is 26.0. The Morgan fingerprint density at radius 3 is 2.41 bits per heavy atom. The summed E-state index contributed by atoms with van der Waals surface area (Å²) in [6.45, 7) is 10.9. The molecule has 226 valence electrons. The number of ketones is 1. The van der Waals surface area contributed by atoms with Gasteiger partial charge in [0.05, 0.1) is 6.04 Å². The van der Waals surface area contributed by atoms with Gasteiger partial charge in [-0.3, -0.25) is 9.59 Å². The third-order valence-corrected chi connectivity index (χ3v) is 7.62. The smallest absolute Gasteiger partial charge is 0.408 e. The van der Waals surface area contributed by atoms with E-state index in [9.17, 15) is 14.4 Å². The number of nitrogens with zero attached hydrogens (tertiary/aromatic N) is 3. The Hall–Kier alpha value is -2.92. The number of alkyl carbamates (subject to hydrolysis) is 1. The first-order valence-corrected chi connectivity index (χ1v) is 15.4. The predicted molar refractivity (Wildman–Crippen MR) is 159 cm³/mol. The van der Waals surface area contributed by atoms with Gasteiger partial charge in [-0.15, -0.1) is 10.2 Å². The Balaban J connectivity index is 1.63. The highest BCUT2D eigenvalue weighted by molar-refractivity contribution is 7.99. The molecule has 2 N–H and O–H groups in total. The Bertz CT molecular complexity index is 1140. The summed E-state index contributed by atoms with van der Waals surface area (Å²) in [6.07, 6.45) is 3.25. The fraction of sp³-hybridized carbons (Fsp3) is 0.633. The number of rotatable bonds is 13. The fourth-order valence-electron chi connectivity index (χ4n) is 4.84. The second kappa shape index (κ2) is 14.8. The van der Waals surface area contributed by atoms with Gasteiger partial charge in [0, 0.05) is 18.8 Å². The lowest BCUT2D eigenvalue weighted by Gasteiger charge is -2.38. The highest BCUT2D eigenvalue weighted by atomic mass is 32.2. The molecular formula is C30H45N5O5S. The van der Waals surface area contributed by atoms with Crippen molar-refractivity contribution in [1.82, 2.24) is 25.7 Å². The van der Waals surface area contributed by atoms with E-state index < -0.39 is 35.0 Å². The van der Waals surface area contributed by atoms with Crippen LogP contribution in [0.15, 0.2) is 40.0 Å². The van der Waals surface area contributed by atoms with Crippen LogP contribution in [0.4, 0.5) is 4.79 Å². The summed E-state index contributed by atoms with van der Waals surface area (Å²) in [6, 6.07) is 9.37. The van der Waals surface area contributed by atoms with E-state index in [0.717, 1.165) is 32.4 Å². The maximum Gasteiger partial charge on any atom is 0.408 e. The Labute approximate surface area is 247 Å². The average molecular weight is 588 g/mol. The number of Topliss-reactive ketones (excluding diaryl/α,β-unsaturated/α-hetero) is 1. The van der Waals surface area contributed by atoms with E-state index in [1.165, 1.54) is 17.3 Å². The maximum atomic E-state index is 13.7. The molecule has 1 aliphatic rings. The number of carbonyl (C=O) groups excluding carboxylic acids is 3. The second-order valence-electron chi connectivity index (χ2n) is 12.2. The molecule has 41 heavy (non-hydrogen) atoms. The van der Waals surface area contributed by atoms with E-state index in [-0.39, 0.29) is 11.8 Å². The van der Waals surface area contributed by atoms with Crippen LogP contribution in [-0.4, -0.2) is 69.4 Å². The lowest BCUT2D eigenvalue weighted by molar-refractivity contribution is -0.129. The van der Waals surface area contributed by atoms with Crippen LogP contribution >= 0.6 is 11.8 Å². The van der Waals surface area contributed by atoms with Crippen molar-refractivity contribution in [2.45, 2.75) is 102 Å². The van der Waals surface area contributed by atoms with Gasteiger partial charge in [0.2, 0.25) is 11.7 Å². The SMILES string of the molecule is CC(C)CC(NC(=O)C1(NC(=O)OC(C)(C)C)CCCCC1)C(=O)c1nnc(SCCN(C)Cc2ccccc2)o1. The molecule has 3 rings (SSSR count). The van der Waals surface area contributed by atoms with Crippen LogP contribution in [0.1, 0.15) is 89.4 Å². The van der Waals surface area contributed by atoms with Crippen LogP contribution < -0.4 is 10.6 Å². The first kappa shape index (κ1) is 32.6. The van der Waals surface area contributed by atoms with Gasteiger partial charge in [-0.05, 0) is 58.6 Å². The number of benzene rings is 1. The summed E-state index contributed by atoms with van der Waals surface area (Å²) in [5.74, 6) is -0.130. The Morgan fingerprint density at radius 2 is 1.78 bits per heavy atom. The molecule has 1 aliphatic carbocycles. The summed E-state index contributed by atoms with van der Waals surface area (Å²) in [7, 11) is 2.05. The van der Waals surface area contributed by atoms with Crippen molar-refractivity contribution in [3.05, 3.63) is 41.8 Å². The molecule has 1 heterocycles. The van der Waals surface area contributed by atoms with Gasteiger partial charge in [-0.25, -0.2) is 4.79 Å². The molecule has 1 atom stereocenters. The van der Waals surface area contributed by atoms with Gasteiger partial charge < -0.3 is 24.7 Å². The number of nitrogens with one attached hydrogen (secondary N) is 2. The van der Waals surface area contributed by atoms with E-state index in [4.69, 9.17) is 9.15 Å². The summed E-state index contributed by atoms with van der Waals surface area (Å²) >= 11 is 1.39. The monoisotopic (exact) mass is 587 g/mol. The lowest BCUT2D eigenvalue weighted by Crippen LogP contribution is -2.62. The van der Waals surface area contributed by atoms with Crippen LogP contribution in [-0.2, 0) is 16.1 Å². The minimum absolute atomic E-state index is 0.113. The molecule has 2 amide bonds. The third-order valence-electron chi connectivity index (χ3n) is 6.82. The normalized spacial score (nSPS) is 15.9. The van der Waals surface area contributed by atoms with Crippen molar-refractivity contribution in [2.75, 3.05) is 19.3 Å². The topological polar surface area (TPSA) is 127 Å². The largest absolute Gasteiger partial charge is 0.444 e. The van der Waals surface area contributed by atoms with Crippen molar-refractivity contribution in [2.24, 2.45) is 5.92 Å². The number of ether oxygens (including phenoxy) is 1. The molecule has 11 heteroatoms. The van der Waals surface area contributed by atoms with E-state index in [0.29, 0.717) is 30.2 Å². The summed E-state index contributed by atoms with van der Waals surface area (Å²) in [5.41, 5.74) is -0.602. The summed E-state index contributed by atoms with van der Waals surface area (Å²) in [5, 5.41) is 14.1. The Morgan fingerprint density at radius 1 is 1.10 bits per heavy atom. The molecule has 0 aliphatic heterocycles. The first-order valence-electron chi connectivity index (χ1n) is 14.4. The van der Waals surface area contributed by atoms with E-state index in [2.05, 4.69) is 37.9 Å². The molecular weight excluding hydrogens is 542 g/mol. The number of aromatic nitrogens is 2. The average Bonchev–Trinajstić information content (AvgIpc) is 3.36. The van der Waals surface area contributed by atoms with Gasteiger partial charge in [-0.1, -0.05) is 75.2 Å². The van der Waals surface area contributed by atoms with Crippen molar-refractivity contribution in [3.63, 3.8) is 0 Å². The van der Waals surface area contributed by atoms with Crippen molar-refractivity contribution >= 4 is 29.5 Å². The van der Waals surface area contributed by atoms with Gasteiger partial charge in [-0.2, -0.15) is 0 Å². The lowest BCUT2D eigenvalue weighted by atomic mass is 9.80. The standard InChI is InChI=1S/C30H45N5O5S/c1-21(2)19-23(31-26(37)30(15-11-8-12-16-30)32-27(38)40-29(3,4)5)24(36)25-33-34-28(39-25)41-18-17-35(6)20-22-13-9-7-10-14-22/h7,9-10,13-14,21,23H,8,11-12,15-20H2,1-6H3,(H,31,37)(H,32,38). The molecule has 1 aromatic heterocycles. The fourth-order valence-corrected chi connectivity index (χ4v) is 5.66. The van der Waals surface area contributed by atoms with Gasteiger partial charge >= 0.3 is 6.09 Å². The first-order chi connectivity index (χ1) is 19.4. The zero-order valence-electron chi connectivity index (χ0n) is 25.2. The van der Waals surface area contributed by atoms with Crippen LogP contribution in [0.2, 0.25) is 0 Å². The van der Waals surface area contributed by atoms with E-state index in [1.807, 2.05) is 39.1 Å². The minimum Gasteiger partial charge on any atom is -0.444 e. The number of hydrogen-bond acceptors (Lipinski definition) is 9. The summed E-state index contributed by atoms with van der Waals surface area (Å²) in [4.78, 5) is 42.0. The van der Waals surface area contributed by atoms with Crippen molar-refractivity contribution in [1.29, 1.82) is 0 Å². The highest BCUT2D eigenvalue weighted by Crippen LogP contribution is 2.30. The molecule has 1 fully saturated rings. The second-order valence-corrected chi connectivity index (χ2v) is 13.3. The van der Waals surface area contributed by atoms with E-state index >= 15 is 0 Å². The predicted octanol–water partition coefficient (Wildman–Crippen LogP) is 5.23. The molecule has 0 bridgehead atoms. The van der Waals surface area contributed by atoms with Crippen molar-refractivity contribution < 1.29 is 23.5 Å². The molecule has 10 nitrogen and oxygen atoms in total. The maximum absolute atomic E-state index is 13.7. The molecule has 0 saturated heterocycles.